The van der Waals surface area contributed by atoms with Crippen molar-refractivity contribution in [2.75, 3.05) is 26.2 Å². The van der Waals surface area contributed by atoms with Crippen LogP contribution < -0.4 is 5.73 Å². The van der Waals surface area contributed by atoms with Gasteiger partial charge in [-0.3, -0.25) is 4.99 Å². The Bertz CT molecular complexity index is 332. The molecule has 0 amide bonds. The molecular formula is C13H23N3O2. The first-order chi connectivity index (χ1) is 8.77. The molecule has 0 saturated heterocycles. The number of aliphatic imine (C=N–C) groups is 1. The minimum atomic E-state index is 0.516. The van der Waals surface area contributed by atoms with Crippen molar-refractivity contribution < 1.29 is 9.15 Å². The predicted octanol–water partition coefficient (Wildman–Crippen LogP) is 1.84. The molecule has 18 heavy (non-hydrogen) atoms. The third-order valence-corrected chi connectivity index (χ3v) is 2.63. The maximum Gasteiger partial charge on any atom is 0.191 e. The SMILES string of the molecule is CCN(CC)C(N)=NCCCOCc1ccco1. The van der Waals surface area contributed by atoms with E-state index in [9.17, 15) is 0 Å². The standard InChI is InChI=1S/C13H23N3O2/c1-3-16(4-2)13(14)15-8-6-9-17-11-12-7-5-10-18-12/h5,7,10H,3-4,6,8-9,11H2,1-2H3,(H2,14,15). The molecule has 5 heteroatoms. The van der Waals surface area contributed by atoms with E-state index in [0.29, 0.717) is 25.7 Å². The fourth-order valence-corrected chi connectivity index (χ4v) is 1.58. The molecule has 0 aliphatic rings. The van der Waals surface area contributed by atoms with Crippen LogP contribution in [0.3, 0.4) is 0 Å². The lowest BCUT2D eigenvalue weighted by molar-refractivity contribution is 0.105. The number of nitrogens with zero attached hydrogens (tertiary/aromatic N) is 2. The van der Waals surface area contributed by atoms with Crippen molar-refractivity contribution in [2.45, 2.75) is 26.9 Å². The number of hydrogen-bond donors (Lipinski definition) is 1. The fraction of sp³-hybridized carbons (Fsp3) is 0.615. The van der Waals surface area contributed by atoms with Gasteiger partial charge in [0.05, 0.1) is 6.26 Å². The summed E-state index contributed by atoms with van der Waals surface area (Å²) in [6, 6.07) is 3.75. The number of ether oxygens (including phenoxy) is 1. The van der Waals surface area contributed by atoms with Crippen LogP contribution in [0.2, 0.25) is 0 Å². The van der Waals surface area contributed by atoms with Gasteiger partial charge in [-0.15, -0.1) is 0 Å². The zero-order valence-electron chi connectivity index (χ0n) is 11.3. The summed E-state index contributed by atoms with van der Waals surface area (Å²) in [6.07, 6.45) is 2.51. The number of rotatable bonds is 8. The normalized spacial score (nSPS) is 11.8. The van der Waals surface area contributed by atoms with E-state index in [0.717, 1.165) is 25.3 Å². The molecule has 0 aliphatic carbocycles. The second-order valence-corrected chi connectivity index (χ2v) is 3.90. The molecule has 0 saturated carbocycles. The van der Waals surface area contributed by atoms with Crippen molar-refractivity contribution in [3.8, 4) is 0 Å². The van der Waals surface area contributed by atoms with E-state index in [4.69, 9.17) is 14.9 Å². The Morgan fingerprint density at radius 3 is 2.83 bits per heavy atom. The first-order valence-corrected chi connectivity index (χ1v) is 6.42. The molecule has 0 fully saturated rings. The largest absolute Gasteiger partial charge is 0.467 e. The lowest BCUT2D eigenvalue weighted by atomic mass is 10.4. The molecule has 0 spiro atoms. The average molecular weight is 253 g/mol. The number of guanidine groups is 1. The van der Waals surface area contributed by atoms with Crippen molar-refractivity contribution in [1.82, 2.24) is 4.90 Å². The zero-order chi connectivity index (χ0) is 13.2. The van der Waals surface area contributed by atoms with Gasteiger partial charge in [0.1, 0.15) is 12.4 Å². The summed E-state index contributed by atoms with van der Waals surface area (Å²) in [5.74, 6) is 1.46. The Labute approximate surface area is 109 Å². The lowest BCUT2D eigenvalue weighted by Crippen LogP contribution is -2.37. The quantitative estimate of drug-likeness (QED) is 0.436. The molecule has 0 aromatic carbocycles. The summed E-state index contributed by atoms with van der Waals surface area (Å²) in [5, 5.41) is 0. The summed E-state index contributed by atoms with van der Waals surface area (Å²) < 4.78 is 10.6. The highest BCUT2D eigenvalue weighted by atomic mass is 16.5. The van der Waals surface area contributed by atoms with Gasteiger partial charge in [0.2, 0.25) is 0 Å². The van der Waals surface area contributed by atoms with E-state index in [1.54, 1.807) is 6.26 Å². The van der Waals surface area contributed by atoms with Gasteiger partial charge >= 0.3 is 0 Å². The zero-order valence-corrected chi connectivity index (χ0v) is 11.3. The molecule has 102 valence electrons. The van der Waals surface area contributed by atoms with Crippen molar-refractivity contribution in [2.24, 2.45) is 10.7 Å². The van der Waals surface area contributed by atoms with E-state index in [-0.39, 0.29) is 0 Å². The van der Waals surface area contributed by atoms with E-state index in [2.05, 4.69) is 18.8 Å². The van der Waals surface area contributed by atoms with Gasteiger partial charge in [-0.1, -0.05) is 0 Å². The summed E-state index contributed by atoms with van der Waals surface area (Å²) in [7, 11) is 0. The van der Waals surface area contributed by atoms with E-state index in [1.165, 1.54) is 0 Å². The molecule has 0 bridgehead atoms. The molecule has 0 atom stereocenters. The summed E-state index contributed by atoms with van der Waals surface area (Å²) in [6.45, 7) is 7.79. The number of hydrogen-bond acceptors (Lipinski definition) is 3. The van der Waals surface area contributed by atoms with Gasteiger partial charge < -0.3 is 19.8 Å². The van der Waals surface area contributed by atoms with E-state index < -0.39 is 0 Å². The Morgan fingerprint density at radius 1 is 1.44 bits per heavy atom. The molecule has 1 aromatic heterocycles. The van der Waals surface area contributed by atoms with Crippen molar-refractivity contribution in [3.63, 3.8) is 0 Å². The molecule has 1 rings (SSSR count). The first kappa shape index (κ1) is 14.6. The maximum atomic E-state index is 5.85. The van der Waals surface area contributed by atoms with Crippen LogP contribution in [0.25, 0.3) is 0 Å². The molecular weight excluding hydrogens is 230 g/mol. The molecule has 5 nitrogen and oxygen atoms in total. The minimum absolute atomic E-state index is 0.516. The Hall–Kier alpha value is -1.49. The van der Waals surface area contributed by atoms with Crippen LogP contribution in [0.5, 0.6) is 0 Å². The summed E-state index contributed by atoms with van der Waals surface area (Å²) in [4.78, 5) is 6.35. The van der Waals surface area contributed by atoms with Crippen LogP contribution in [0.1, 0.15) is 26.0 Å². The van der Waals surface area contributed by atoms with Crippen LogP contribution >= 0.6 is 0 Å². The van der Waals surface area contributed by atoms with E-state index >= 15 is 0 Å². The van der Waals surface area contributed by atoms with Gasteiger partial charge in [-0.2, -0.15) is 0 Å². The Balaban J connectivity index is 2.09. The monoisotopic (exact) mass is 253 g/mol. The fourth-order valence-electron chi connectivity index (χ4n) is 1.58. The van der Waals surface area contributed by atoms with Crippen LogP contribution in [0.4, 0.5) is 0 Å². The Morgan fingerprint density at radius 2 is 2.22 bits per heavy atom. The summed E-state index contributed by atoms with van der Waals surface area (Å²) >= 11 is 0. The molecule has 1 aromatic rings. The second-order valence-electron chi connectivity index (χ2n) is 3.90. The van der Waals surface area contributed by atoms with Gasteiger partial charge in [0.15, 0.2) is 5.96 Å². The van der Waals surface area contributed by atoms with Gasteiger partial charge in [-0.25, -0.2) is 0 Å². The van der Waals surface area contributed by atoms with Crippen LogP contribution in [0.15, 0.2) is 27.8 Å². The molecule has 0 aliphatic heterocycles. The van der Waals surface area contributed by atoms with Crippen molar-refractivity contribution in [3.05, 3.63) is 24.2 Å². The number of nitrogens with two attached hydrogens (primary N) is 1. The first-order valence-electron chi connectivity index (χ1n) is 6.42. The number of furan rings is 1. The summed E-state index contributed by atoms with van der Waals surface area (Å²) in [5.41, 5.74) is 5.85. The third kappa shape index (κ3) is 5.23. The average Bonchev–Trinajstić information content (AvgIpc) is 2.88. The molecule has 1 heterocycles. The van der Waals surface area contributed by atoms with E-state index in [1.807, 2.05) is 17.0 Å². The smallest absolute Gasteiger partial charge is 0.191 e. The van der Waals surface area contributed by atoms with Crippen molar-refractivity contribution >= 4 is 5.96 Å². The Kier molecular flexibility index (Phi) is 6.94. The molecule has 0 radical (unpaired) electrons. The van der Waals surface area contributed by atoms with Crippen LogP contribution in [-0.4, -0.2) is 37.1 Å². The maximum absolute atomic E-state index is 5.85. The molecule has 2 N–H and O–H groups in total. The van der Waals surface area contributed by atoms with Crippen LogP contribution in [-0.2, 0) is 11.3 Å². The van der Waals surface area contributed by atoms with Crippen molar-refractivity contribution in [1.29, 1.82) is 0 Å². The highest BCUT2D eigenvalue weighted by molar-refractivity contribution is 5.77. The lowest BCUT2D eigenvalue weighted by Gasteiger charge is -2.19. The second kappa shape index (κ2) is 8.58. The minimum Gasteiger partial charge on any atom is -0.467 e. The molecule has 0 unspecified atom stereocenters. The predicted molar refractivity (Wildman–Crippen MR) is 72.4 cm³/mol. The van der Waals surface area contributed by atoms with Crippen LogP contribution in [0, 0.1) is 0 Å². The highest BCUT2D eigenvalue weighted by Gasteiger charge is 2.01. The van der Waals surface area contributed by atoms with Gasteiger partial charge in [0.25, 0.3) is 0 Å². The van der Waals surface area contributed by atoms with Gasteiger partial charge in [-0.05, 0) is 32.4 Å². The highest BCUT2D eigenvalue weighted by Crippen LogP contribution is 2.01. The third-order valence-electron chi connectivity index (χ3n) is 2.63. The van der Waals surface area contributed by atoms with Gasteiger partial charge in [0, 0.05) is 26.2 Å². The topological polar surface area (TPSA) is 64.0 Å².